The molecule has 3 aromatic carbocycles. The van der Waals surface area contributed by atoms with E-state index in [0.717, 1.165) is 28.1 Å². The fourth-order valence-electron chi connectivity index (χ4n) is 2.77. The summed E-state index contributed by atoms with van der Waals surface area (Å²) in [5.41, 5.74) is 4.90. The van der Waals surface area contributed by atoms with Gasteiger partial charge >= 0.3 is 5.97 Å². The van der Waals surface area contributed by atoms with E-state index in [9.17, 15) is 4.79 Å². The van der Waals surface area contributed by atoms with Gasteiger partial charge in [-0.05, 0) is 54.6 Å². The number of carboxylic acid groups (broad SMARTS) is 1. The molecule has 4 aromatic rings. The Hall–Kier alpha value is -3.60. The van der Waals surface area contributed by atoms with Crippen molar-refractivity contribution in [3.63, 3.8) is 0 Å². The summed E-state index contributed by atoms with van der Waals surface area (Å²) in [6.07, 6.45) is 1.81. The molecule has 0 spiro atoms. The van der Waals surface area contributed by atoms with Crippen molar-refractivity contribution in [3.05, 3.63) is 84.7 Å². The maximum Gasteiger partial charge on any atom is 0.335 e. The van der Waals surface area contributed by atoms with Crippen LogP contribution in [-0.2, 0) is 0 Å². The lowest BCUT2D eigenvalue weighted by Gasteiger charge is -2.09. The summed E-state index contributed by atoms with van der Waals surface area (Å²) >= 11 is 0. The second-order valence-corrected chi connectivity index (χ2v) is 5.66. The van der Waals surface area contributed by atoms with E-state index in [4.69, 9.17) is 5.11 Å². The van der Waals surface area contributed by atoms with Crippen molar-refractivity contribution in [3.8, 4) is 5.69 Å². The van der Waals surface area contributed by atoms with Gasteiger partial charge in [-0.15, -0.1) is 0 Å². The number of carboxylic acids is 1. The third-order valence-electron chi connectivity index (χ3n) is 4.00. The van der Waals surface area contributed by atoms with Crippen LogP contribution >= 0.6 is 0 Å². The van der Waals surface area contributed by atoms with Crippen molar-refractivity contribution < 1.29 is 9.90 Å². The zero-order valence-electron chi connectivity index (χ0n) is 13.3. The highest BCUT2D eigenvalue weighted by Crippen LogP contribution is 2.22. The zero-order chi connectivity index (χ0) is 17.2. The second kappa shape index (κ2) is 6.13. The molecule has 0 radical (unpaired) electrons. The Morgan fingerprint density at radius 1 is 0.920 bits per heavy atom. The highest BCUT2D eigenvalue weighted by Gasteiger charge is 2.05. The predicted octanol–water partition coefficient (Wildman–Crippen LogP) is 4.47. The van der Waals surface area contributed by atoms with Gasteiger partial charge in [0.1, 0.15) is 6.33 Å². The first-order chi connectivity index (χ1) is 12.2. The lowest BCUT2D eigenvalue weighted by atomic mass is 10.2. The SMILES string of the molecule is O=C(O)c1cccc(Nc2ccc(-n3cnc4ccccc43)cc2)c1. The highest BCUT2D eigenvalue weighted by atomic mass is 16.4. The van der Waals surface area contributed by atoms with Crippen molar-refractivity contribution in [1.82, 2.24) is 9.55 Å². The number of rotatable bonds is 4. The molecule has 0 fully saturated rings. The van der Waals surface area contributed by atoms with Gasteiger partial charge < -0.3 is 10.4 Å². The van der Waals surface area contributed by atoms with Crippen molar-refractivity contribution in [2.45, 2.75) is 0 Å². The third-order valence-corrected chi connectivity index (χ3v) is 4.00. The molecule has 0 aliphatic carbocycles. The van der Waals surface area contributed by atoms with Gasteiger partial charge in [0.2, 0.25) is 0 Å². The Labute approximate surface area is 144 Å². The number of imidazole rings is 1. The average molecular weight is 329 g/mol. The summed E-state index contributed by atoms with van der Waals surface area (Å²) in [6.45, 7) is 0. The molecule has 25 heavy (non-hydrogen) atoms. The first kappa shape index (κ1) is 15.0. The summed E-state index contributed by atoms with van der Waals surface area (Å²) in [5, 5.41) is 12.3. The Balaban J connectivity index is 1.60. The molecule has 2 N–H and O–H groups in total. The molecule has 0 aliphatic heterocycles. The van der Waals surface area contributed by atoms with Gasteiger partial charge in [0.25, 0.3) is 0 Å². The number of aromatic nitrogens is 2. The number of anilines is 2. The van der Waals surface area contributed by atoms with Crippen LogP contribution in [0.25, 0.3) is 16.7 Å². The zero-order valence-corrected chi connectivity index (χ0v) is 13.3. The highest BCUT2D eigenvalue weighted by molar-refractivity contribution is 5.89. The number of benzene rings is 3. The van der Waals surface area contributed by atoms with E-state index in [1.807, 2.05) is 65.5 Å². The molecule has 5 heteroatoms. The van der Waals surface area contributed by atoms with Crippen LogP contribution in [0.4, 0.5) is 11.4 Å². The van der Waals surface area contributed by atoms with Gasteiger partial charge in [-0.25, -0.2) is 9.78 Å². The fourth-order valence-corrected chi connectivity index (χ4v) is 2.77. The lowest BCUT2D eigenvalue weighted by Crippen LogP contribution is -1.98. The van der Waals surface area contributed by atoms with Crippen LogP contribution in [0.3, 0.4) is 0 Å². The van der Waals surface area contributed by atoms with Crippen LogP contribution in [0.2, 0.25) is 0 Å². The average Bonchev–Trinajstić information content (AvgIpc) is 3.07. The molecule has 4 rings (SSSR count). The molecular weight excluding hydrogens is 314 g/mol. The molecule has 1 aromatic heterocycles. The van der Waals surface area contributed by atoms with Gasteiger partial charge in [-0.3, -0.25) is 4.57 Å². The minimum Gasteiger partial charge on any atom is -0.478 e. The maximum absolute atomic E-state index is 11.1. The third kappa shape index (κ3) is 2.95. The molecule has 1 heterocycles. The number of hydrogen-bond acceptors (Lipinski definition) is 3. The molecule has 0 amide bonds. The maximum atomic E-state index is 11.1. The van der Waals surface area contributed by atoms with Crippen molar-refractivity contribution >= 4 is 28.4 Å². The first-order valence-electron chi connectivity index (χ1n) is 7.84. The summed E-state index contributed by atoms with van der Waals surface area (Å²) < 4.78 is 2.03. The monoisotopic (exact) mass is 329 g/mol. The van der Waals surface area contributed by atoms with E-state index in [2.05, 4.69) is 10.3 Å². The predicted molar refractivity (Wildman–Crippen MR) is 97.8 cm³/mol. The van der Waals surface area contributed by atoms with Gasteiger partial charge in [-0.2, -0.15) is 0 Å². The topological polar surface area (TPSA) is 67.2 Å². The number of nitrogens with one attached hydrogen (secondary N) is 1. The standard InChI is InChI=1S/C20H15N3O2/c24-20(25)14-4-3-5-16(12-14)22-15-8-10-17(11-9-15)23-13-21-18-6-1-2-7-19(18)23/h1-13,22H,(H,24,25). The van der Waals surface area contributed by atoms with Crippen LogP contribution < -0.4 is 5.32 Å². The molecule has 0 saturated heterocycles. The minimum absolute atomic E-state index is 0.256. The summed E-state index contributed by atoms with van der Waals surface area (Å²) in [6, 6.07) is 22.6. The summed E-state index contributed by atoms with van der Waals surface area (Å²) in [7, 11) is 0. The van der Waals surface area contributed by atoms with E-state index in [1.165, 1.54) is 0 Å². The molecule has 0 aliphatic rings. The number of nitrogens with zero attached hydrogens (tertiary/aromatic N) is 2. The number of fused-ring (bicyclic) bond motifs is 1. The number of hydrogen-bond donors (Lipinski definition) is 2. The smallest absolute Gasteiger partial charge is 0.335 e. The van der Waals surface area contributed by atoms with Crippen LogP contribution in [0.1, 0.15) is 10.4 Å². The minimum atomic E-state index is -0.939. The van der Waals surface area contributed by atoms with Gasteiger partial charge in [0.15, 0.2) is 0 Å². The molecule has 5 nitrogen and oxygen atoms in total. The molecular formula is C20H15N3O2. The Bertz CT molecular complexity index is 1050. The van der Waals surface area contributed by atoms with E-state index >= 15 is 0 Å². The van der Waals surface area contributed by atoms with Crippen molar-refractivity contribution in [2.75, 3.05) is 5.32 Å². The number of para-hydroxylation sites is 2. The van der Waals surface area contributed by atoms with E-state index in [-0.39, 0.29) is 5.56 Å². The molecule has 0 unspecified atom stereocenters. The summed E-state index contributed by atoms with van der Waals surface area (Å²) in [5.74, 6) is -0.939. The van der Waals surface area contributed by atoms with E-state index < -0.39 is 5.97 Å². The Morgan fingerprint density at radius 3 is 2.52 bits per heavy atom. The van der Waals surface area contributed by atoms with Crippen molar-refractivity contribution in [1.29, 1.82) is 0 Å². The number of aromatic carboxylic acids is 1. The largest absolute Gasteiger partial charge is 0.478 e. The normalized spacial score (nSPS) is 10.7. The van der Waals surface area contributed by atoms with Crippen LogP contribution in [0.5, 0.6) is 0 Å². The van der Waals surface area contributed by atoms with Gasteiger partial charge in [0, 0.05) is 17.1 Å². The van der Waals surface area contributed by atoms with E-state index in [1.54, 1.807) is 18.2 Å². The molecule has 0 atom stereocenters. The Kier molecular flexibility index (Phi) is 3.67. The molecule has 122 valence electrons. The fraction of sp³-hybridized carbons (Fsp3) is 0. The van der Waals surface area contributed by atoms with Gasteiger partial charge in [-0.1, -0.05) is 18.2 Å². The summed E-state index contributed by atoms with van der Waals surface area (Å²) in [4.78, 5) is 15.5. The molecule has 0 bridgehead atoms. The van der Waals surface area contributed by atoms with E-state index in [0.29, 0.717) is 0 Å². The first-order valence-corrected chi connectivity index (χ1v) is 7.84. The second-order valence-electron chi connectivity index (χ2n) is 5.66. The lowest BCUT2D eigenvalue weighted by molar-refractivity contribution is 0.0697. The van der Waals surface area contributed by atoms with Crippen LogP contribution in [0.15, 0.2) is 79.1 Å². The molecule has 0 saturated carbocycles. The van der Waals surface area contributed by atoms with Gasteiger partial charge in [0.05, 0.1) is 16.6 Å². The van der Waals surface area contributed by atoms with Crippen LogP contribution in [0, 0.1) is 0 Å². The van der Waals surface area contributed by atoms with Crippen molar-refractivity contribution in [2.24, 2.45) is 0 Å². The van der Waals surface area contributed by atoms with Crippen LogP contribution in [-0.4, -0.2) is 20.6 Å². The number of carbonyl (C=O) groups is 1. The Morgan fingerprint density at radius 2 is 1.72 bits per heavy atom. The quantitative estimate of drug-likeness (QED) is 0.580.